The fraction of sp³-hybridized carbons (Fsp3) is 0.400. The summed E-state index contributed by atoms with van der Waals surface area (Å²) in [7, 11) is 0. The molecule has 3 rings (SSSR count). The molecule has 2 aromatic heterocycles. The van der Waals surface area contributed by atoms with E-state index in [9.17, 15) is 4.79 Å². The normalized spacial score (nSPS) is 14.2. The van der Waals surface area contributed by atoms with Crippen LogP contribution in [0.5, 0.6) is 0 Å². The lowest BCUT2D eigenvalue weighted by Gasteiger charge is -2.05. The molecule has 0 aliphatic heterocycles. The Bertz CT molecular complexity index is 616. The maximum absolute atomic E-state index is 11.9. The number of nitrogens with zero attached hydrogens (tertiary/aromatic N) is 2. The fourth-order valence-corrected chi connectivity index (χ4v) is 2.17. The van der Waals surface area contributed by atoms with E-state index in [2.05, 4.69) is 20.5 Å². The molecule has 1 aliphatic rings. The molecule has 1 saturated carbocycles. The lowest BCUT2D eigenvalue weighted by molar-refractivity contribution is -0.120. The van der Waals surface area contributed by atoms with Crippen LogP contribution in [0.4, 0.5) is 0 Å². The number of aromatic nitrogens is 3. The molecule has 0 aromatic carbocycles. The zero-order valence-corrected chi connectivity index (χ0v) is 11.5. The topological polar surface area (TPSA) is 70.7 Å². The van der Waals surface area contributed by atoms with Gasteiger partial charge in [-0.3, -0.25) is 14.9 Å². The van der Waals surface area contributed by atoms with Crippen LogP contribution in [-0.2, 0) is 17.8 Å². The van der Waals surface area contributed by atoms with E-state index in [1.165, 1.54) is 12.8 Å². The van der Waals surface area contributed by atoms with Gasteiger partial charge in [-0.05, 0) is 37.5 Å². The summed E-state index contributed by atoms with van der Waals surface area (Å²) >= 11 is 0. The van der Waals surface area contributed by atoms with Crippen molar-refractivity contribution in [3.05, 3.63) is 47.0 Å². The van der Waals surface area contributed by atoms with E-state index < -0.39 is 0 Å². The number of amides is 1. The van der Waals surface area contributed by atoms with Crippen molar-refractivity contribution in [2.45, 2.75) is 38.6 Å². The predicted molar refractivity (Wildman–Crippen MR) is 75.1 cm³/mol. The number of pyridine rings is 1. The molecular formula is C15H18N4O. The summed E-state index contributed by atoms with van der Waals surface area (Å²) in [6.07, 6.45) is 4.49. The molecule has 0 atom stereocenters. The molecule has 20 heavy (non-hydrogen) atoms. The molecule has 1 aliphatic carbocycles. The number of carbonyl (C=O) groups excluding carboxylic acids is 1. The molecule has 5 nitrogen and oxygen atoms in total. The first kappa shape index (κ1) is 12.8. The maximum Gasteiger partial charge on any atom is 0.226 e. The van der Waals surface area contributed by atoms with Gasteiger partial charge in [0.2, 0.25) is 5.91 Å². The van der Waals surface area contributed by atoms with Crippen LogP contribution < -0.4 is 5.32 Å². The van der Waals surface area contributed by atoms with Crippen LogP contribution in [0.3, 0.4) is 0 Å². The van der Waals surface area contributed by atoms with Crippen molar-refractivity contribution < 1.29 is 4.79 Å². The first-order valence-electron chi connectivity index (χ1n) is 6.94. The highest BCUT2D eigenvalue weighted by Crippen LogP contribution is 2.38. The van der Waals surface area contributed by atoms with Gasteiger partial charge in [0.1, 0.15) is 0 Å². The van der Waals surface area contributed by atoms with Crippen LogP contribution in [0, 0.1) is 6.92 Å². The highest BCUT2D eigenvalue weighted by atomic mass is 16.1. The van der Waals surface area contributed by atoms with Gasteiger partial charge < -0.3 is 5.32 Å². The largest absolute Gasteiger partial charge is 0.350 e. The van der Waals surface area contributed by atoms with E-state index in [-0.39, 0.29) is 5.91 Å². The van der Waals surface area contributed by atoms with Gasteiger partial charge in [0.05, 0.1) is 30.0 Å². The zero-order valence-electron chi connectivity index (χ0n) is 11.5. The molecule has 0 bridgehead atoms. The number of H-pyrrole nitrogens is 1. The van der Waals surface area contributed by atoms with Gasteiger partial charge >= 0.3 is 0 Å². The van der Waals surface area contributed by atoms with Crippen molar-refractivity contribution in [2.75, 3.05) is 0 Å². The molecule has 5 heteroatoms. The Balaban J connectivity index is 1.52. The second-order valence-electron chi connectivity index (χ2n) is 5.31. The van der Waals surface area contributed by atoms with E-state index >= 15 is 0 Å². The standard InChI is InChI=1S/C15H18N4O/c1-10-3-2-6-16-13(10)8-15(20)17-9-12-7-14(19-18-12)11-4-5-11/h2-3,6-7,11H,4-5,8-9H2,1H3,(H,17,20)(H,18,19). The molecular weight excluding hydrogens is 252 g/mol. The van der Waals surface area contributed by atoms with E-state index in [0.717, 1.165) is 22.6 Å². The Labute approximate surface area is 117 Å². The van der Waals surface area contributed by atoms with Gasteiger partial charge in [0, 0.05) is 12.1 Å². The predicted octanol–water partition coefficient (Wildman–Crippen LogP) is 1.85. The molecule has 0 saturated heterocycles. The Kier molecular flexibility index (Phi) is 3.50. The number of hydrogen-bond acceptors (Lipinski definition) is 3. The minimum atomic E-state index is -0.0191. The zero-order chi connectivity index (χ0) is 13.9. The average Bonchev–Trinajstić information content (AvgIpc) is 3.18. The second-order valence-corrected chi connectivity index (χ2v) is 5.31. The summed E-state index contributed by atoms with van der Waals surface area (Å²) in [4.78, 5) is 16.1. The average molecular weight is 270 g/mol. The van der Waals surface area contributed by atoms with Crippen LogP contribution >= 0.6 is 0 Å². The molecule has 2 heterocycles. The van der Waals surface area contributed by atoms with Gasteiger partial charge in [0.15, 0.2) is 0 Å². The molecule has 0 radical (unpaired) electrons. The SMILES string of the molecule is Cc1cccnc1CC(=O)NCc1cc(C2CC2)n[nH]1. The summed E-state index contributed by atoms with van der Waals surface area (Å²) < 4.78 is 0. The van der Waals surface area contributed by atoms with Crippen molar-refractivity contribution in [3.8, 4) is 0 Å². The Morgan fingerprint density at radius 3 is 3.10 bits per heavy atom. The molecule has 0 spiro atoms. The molecule has 1 fully saturated rings. The summed E-state index contributed by atoms with van der Waals surface area (Å²) in [6, 6.07) is 5.89. The second kappa shape index (κ2) is 5.45. The highest BCUT2D eigenvalue weighted by molar-refractivity contribution is 5.78. The van der Waals surface area contributed by atoms with Gasteiger partial charge in [-0.25, -0.2) is 0 Å². The molecule has 2 aromatic rings. The van der Waals surface area contributed by atoms with Gasteiger partial charge in [0.25, 0.3) is 0 Å². The number of carbonyl (C=O) groups is 1. The Hall–Kier alpha value is -2.17. The quantitative estimate of drug-likeness (QED) is 0.871. The number of aryl methyl sites for hydroxylation is 1. The first-order chi connectivity index (χ1) is 9.72. The number of aromatic amines is 1. The molecule has 1 amide bonds. The van der Waals surface area contributed by atoms with Crippen molar-refractivity contribution in [3.63, 3.8) is 0 Å². The molecule has 0 unspecified atom stereocenters. The lowest BCUT2D eigenvalue weighted by atomic mass is 10.1. The van der Waals surface area contributed by atoms with Crippen molar-refractivity contribution in [2.24, 2.45) is 0 Å². The van der Waals surface area contributed by atoms with E-state index in [1.807, 2.05) is 25.1 Å². The number of hydrogen-bond donors (Lipinski definition) is 2. The fourth-order valence-electron chi connectivity index (χ4n) is 2.17. The smallest absolute Gasteiger partial charge is 0.226 e. The first-order valence-corrected chi connectivity index (χ1v) is 6.94. The minimum Gasteiger partial charge on any atom is -0.350 e. The van der Waals surface area contributed by atoms with E-state index in [0.29, 0.717) is 18.9 Å². The summed E-state index contributed by atoms with van der Waals surface area (Å²) in [5.41, 5.74) is 3.95. The third-order valence-corrected chi connectivity index (χ3v) is 3.57. The van der Waals surface area contributed by atoms with E-state index in [4.69, 9.17) is 0 Å². The van der Waals surface area contributed by atoms with Gasteiger partial charge in [-0.15, -0.1) is 0 Å². The van der Waals surface area contributed by atoms with Crippen LogP contribution in [0.25, 0.3) is 0 Å². The van der Waals surface area contributed by atoms with Crippen molar-refractivity contribution >= 4 is 5.91 Å². The van der Waals surface area contributed by atoms with Gasteiger partial charge in [-0.2, -0.15) is 5.10 Å². The Morgan fingerprint density at radius 2 is 2.35 bits per heavy atom. The molecule has 104 valence electrons. The van der Waals surface area contributed by atoms with Crippen molar-refractivity contribution in [1.82, 2.24) is 20.5 Å². The summed E-state index contributed by atoms with van der Waals surface area (Å²) in [5, 5.41) is 10.1. The summed E-state index contributed by atoms with van der Waals surface area (Å²) in [5.74, 6) is 0.612. The third kappa shape index (κ3) is 3.04. The Morgan fingerprint density at radius 1 is 1.50 bits per heavy atom. The third-order valence-electron chi connectivity index (χ3n) is 3.57. The lowest BCUT2D eigenvalue weighted by Crippen LogP contribution is -2.25. The molecule has 2 N–H and O–H groups in total. The minimum absolute atomic E-state index is 0.0191. The van der Waals surface area contributed by atoms with E-state index in [1.54, 1.807) is 6.20 Å². The summed E-state index contributed by atoms with van der Waals surface area (Å²) in [6.45, 7) is 2.46. The van der Waals surface area contributed by atoms with Crippen LogP contribution in [0.2, 0.25) is 0 Å². The monoisotopic (exact) mass is 270 g/mol. The van der Waals surface area contributed by atoms with Gasteiger partial charge in [-0.1, -0.05) is 6.07 Å². The highest BCUT2D eigenvalue weighted by Gasteiger charge is 2.25. The number of nitrogens with one attached hydrogen (secondary N) is 2. The maximum atomic E-state index is 11.9. The van der Waals surface area contributed by atoms with Crippen LogP contribution in [0.15, 0.2) is 24.4 Å². The van der Waals surface area contributed by atoms with Crippen LogP contribution in [0.1, 0.15) is 41.4 Å². The van der Waals surface area contributed by atoms with Crippen LogP contribution in [-0.4, -0.2) is 21.1 Å². The van der Waals surface area contributed by atoms with Crippen molar-refractivity contribution in [1.29, 1.82) is 0 Å². The number of rotatable bonds is 5.